The van der Waals surface area contributed by atoms with Crippen LogP contribution in [0.1, 0.15) is 30.5 Å². The normalized spacial score (nSPS) is 15.2. The summed E-state index contributed by atoms with van der Waals surface area (Å²) in [6.07, 6.45) is 1.82. The third-order valence-corrected chi connectivity index (χ3v) is 5.72. The van der Waals surface area contributed by atoms with E-state index in [0.29, 0.717) is 15.0 Å². The van der Waals surface area contributed by atoms with E-state index in [0.717, 1.165) is 22.4 Å². The fraction of sp³-hybridized carbons (Fsp3) is 0.261. The number of rotatable bonds is 6. The van der Waals surface area contributed by atoms with Crippen LogP contribution in [0.4, 0.5) is 5.69 Å². The molecule has 0 bridgehead atoms. The molecule has 0 saturated carbocycles. The van der Waals surface area contributed by atoms with Gasteiger partial charge in [-0.05, 0) is 74.7 Å². The summed E-state index contributed by atoms with van der Waals surface area (Å²) >= 11 is 6.61. The molecule has 1 heterocycles. The van der Waals surface area contributed by atoms with E-state index in [-0.39, 0.29) is 24.5 Å². The molecule has 1 N–H and O–H groups in total. The Morgan fingerprint density at radius 3 is 2.37 bits per heavy atom. The molecular weight excluding hydrogens is 416 g/mol. The van der Waals surface area contributed by atoms with E-state index in [2.05, 4.69) is 11.4 Å². The summed E-state index contributed by atoms with van der Waals surface area (Å²) in [7, 11) is 0. The number of ether oxygens (including phenoxy) is 1. The predicted molar refractivity (Wildman–Crippen MR) is 127 cm³/mol. The molecule has 0 spiro atoms. The highest BCUT2D eigenvalue weighted by molar-refractivity contribution is 8.26. The summed E-state index contributed by atoms with van der Waals surface area (Å²) in [6.45, 7) is 7.77. The number of carbonyl (C=O) groups excluding carboxylic acids is 2. The molecule has 0 unspecified atom stereocenters. The van der Waals surface area contributed by atoms with Gasteiger partial charge in [0.15, 0.2) is 6.61 Å². The van der Waals surface area contributed by atoms with E-state index in [1.54, 1.807) is 17.0 Å². The Bertz CT molecular complexity index is 993. The van der Waals surface area contributed by atoms with Crippen LogP contribution >= 0.6 is 24.0 Å². The topological polar surface area (TPSA) is 58.6 Å². The second-order valence-electron chi connectivity index (χ2n) is 7.43. The van der Waals surface area contributed by atoms with Crippen LogP contribution in [-0.4, -0.2) is 33.7 Å². The van der Waals surface area contributed by atoms with Crippen LogP contribution in [0.3, 0.4) is 0 Å². The lowest BCUT2D eigenvalue weighted by atomic mass is 10.1. The molecule has 2 amide bonds. The van der Waals surface area contributed by atoms with Gasteiger partial charge < -0.3 is 10.1 Å². The average Bonchev–Trinajstić information content (AvgIpc) is 2.93. The highest BCUT2D eigenvalue weighted by Crippen LogP contribution is 2.34. The molecule has 7 heteroatoms. The summed E-state index contributed by atoms with van der Waals surface area (Å²) < 4.78 is 6.16. The molecule has 1 aliphatic rings. The Labute approximate surface area is 186 Å². The Morgan fingerprint density at radius 2 is 1.80 bits per heavy atom. The molecule has 0 radical (unpaired) electrons. The van der Waals surface area contributed by atoms with Crippen LogP contribution in [-0.2, 0) is 9.59 Å². The van der Waals surface area contributed by atoms with Gasteiger partial charge in [-0.1, -0.05) is 42.2 Å². The number of hydrogen-bond acceptors (Lipinski definition) is 5. The quantitative estimate of drug-likeness (QED) is 0.510. The van der Waals surface area contributed by atoms with Crippen molar-refractivity contribution < 1.29 is 14.3 Å². The highest BCUT2D eigenvalue weighted by Gasteiger charge is 2.33. The van der Waals surface area contributed by atoms with E-state index in [1.165, 1.54) is 11.8 Å². The molecule has 30 heavy (non-hydrogen) atoms. The fourth-order valence-corrected chi connectivity index (χ4v) is 4.65. The molecule has 1 fully saturated rings. The summed E-state index contributed by atoms with van der Waals surface area (Å²) in [4.78, 5) is 26.9. The number of aryl methyl sites for hydroxylation is 2. The molecular formula is C23H24N2O3S2. The Balaban J connectivity index is 1.58. The number of carbonyl (C=O) groups is 2. The van der Waals surface area contributed by atoms with Gasteiger partial charge in [-0.25, -0.2) is 0 Å². The van der Waals surface area contributed by atoms with Crippen molar-refractivity contribution in [2.75, 3.05) is 11.9 Å². The Morgan fingerprint density at radius 1 is 1.17 bits per heavy atom. The number of anilines is 1. The first kappa shape index (κ1) is 22.1. The first-order valence-corrected chi connectivity index (χ1v) is 10.8. The van der Waals surface area contributed by atoms with E-state index in [1.807, 2.05) is 58.0 Å². The number of thioether (sulfide) groups is 1. The van der Waals surface area contributed by atoms with Crippen LogP contribution in [0.5, 0.6) is 5.75 Å². The maximum Gasteiger partial charge on any atom is 0.266 e. The zero-order chi connectivity index (χ0) is 21.8. The average molecular weight is 441 g/mol. The standard InChI is InChI=1S/C23H24N2O3S2/c1-14(2)25-22(27)20(30-23(25)29)12-17-5-7-19(8-6-17)28-13-21(26)24-18-10-15(3)9-16(4)11-18/h5-12,14H,13H2,1-4H3,(H,24,26)/b20-12-. The first-order valence-electron chi connectivity index (χ1n) is 9.61. The number of benzene rings is 2. The van der Waals surface area contributed by atoms with Crippen LogP contribution in [0, 0.1) is 13.8 Å². The van der Waals surface area contributed by atoms with Crippen molar-refractivity contribution in [3.63, 3.8) is 0 Å². The van der Waals surface area contributed by atoms with Gasteiger partial charge in [0.25, 0.3) is 11.8 Å². The third kappa shape index (κ3) is 5.49. The van der Waals surface area contributed by atoms with Gasteiger partial charge in [-0.15, -0.1) is 0 Å². The maximum absolute atomic E-state index is 12.5. The van der Waals surface area contributed by atoms with E-state index in [4.69, 9.17) is 17.0 Å². The van der Waals surface area contributed by atoms with Gasteiger partial charge in [0, 0.05) is 11.7 Å². The fourth-order valence-electron chi connectivity index (χ4n) is 3.13. The number of thiocarbonyl (C=S) groups is 1. The van der Waals surface area contributed by atoms with Crippen molar-refractivity contribution in [3.05, 3.63) is 64.1 Å². The lowest BCUT2D eigenvalue weighted by molar-refractivity contribution is -0.123. The van der Waals surface area contributed by atoms with Gasteiger partial charge in [0.1, 0.15) is 10.1 Å². The molecule has 1 aliphatic heterocycles. The Kier molecular flexibility index (Phi) is 6.95. The zero-order valence-electron chi connectivity index (χ0n) is 17.4. The third-order valence-electron chi connectivity index (χ3n) is 4.39. The van der Waals surface area contributed by atoms with Gasteiger partial charge in [-0.3, -0.25) is 14.5 Å². The lowest BCUT2D eigenvalue weighted by Crippen LogP contribution is -2.34. The van der Waals surface area contributed by atoms with E-state index in [9.17, 15) is 9.59 Å². The summed E-state index contributed by atoms with van der Waals surface area (Å²) in [5.41, 5.74) is 3.81. The highest BCUT2D eigenvalue weighted by atomic mass is 32.2. The molecule has 2 aromatic carbocycles. The SMILES string of the molecule is Cc1cc(C)cc(NC(=O)COc2ccc(/C=C3\SC(=S)N(C(C)C)C3=O)cc2)c1. The van der Waals surface area contributed by atoms with Crippen molar-refractivity contribution in [1.29, 1.82) is 0 Å². The minimum atomic E-state index is -0.221. The molecule has 5 nitrogen and oxygen atoms in total. The molecule has 156 valence electrons. The monoisotopic (exact) mass is 440 g/mol. The minimum absolute atomic E-state index is 0.0361. The molecule has 2 aromatic rings. The molecule has 0 aliphatic carbocycles. The van der Waals surface area contributed by atoms with Crippen molar-refractivity contribution in [2.24, 2.45) is 0 Å². The first-order chi connectivity index (χ1) is 14.2. The molecule has 3 rings (SSSR count). The van der Waals surface area contributed by atoms with Crippen LogP contribution in [0.25, 0.3) is 6.08 Å². The summed E-state index contributed by atoms with van der Waals surface area (Å²) in [6, 6.07) is 13.2. The Hall–Kier alpha value is -2.64. The van der Waals surface area contributed by atoms with Crippen molar-refractivity contribution in [1.82, 2.24) is 4.90 Å². The predicted octanol–water partition coefficient (Wildman–Crippen LogP) is 4.93. The number of nitrogens with zero attached hydrogens (tertiary/aromatic N) is 1. The van der Waals surface area contributed by atoms with Crippen molar-refractivity contribution >= 4 is 51.9 Å². The van der Waals surface area contributed by atoms with Gasteiger partial charge in [-0.2, -0.15) is 0 Å². The number of amides is 2. The number of nitrogens with one attached hydrogen (secondary N) is 1. The van der Waals surface area contributed by atoms with Crippen molar-refractivity contribution in [3.8, 4) is 5.75 Å². The van der Waals surface area contributed by atoms with Crippen LogP contribution in [0.2, 0.25) is 0 Å². The van der Waals surface area contributed by atoms with E-state index < -0.39 is 0 Å². The van der Waals surface area contributed by atoms with E-state index >= 15 is 0 Å². The molecule has 0 aromatic heterocycles. The van der Waals surface area contributed by atoms with Crippen LogP contribution in [0.15, 0.2) is 47.4 Å². The smallest absolute Gasteiger partial charge is 0.266 e. The zero-order valence-corrected chi connectivity index (χ0v) is 19.0. The maximum atomic E-state index is 12.5. The molecule has 1 saturated heterocycles. The molecule has 0 atom stereocenters. The summed E-state index contributed by atoms with van der Waals surface area (Å²) in [5.74, 6) is 0.294. The van der Waals surface area contributed by atoms with Gasteiger partial charge in [0.05, 0.1) is 4.91 Å². The summed E-state index contributed by atoms with van der Waals surface area (Å²) in [5, 5.41) is 2.85. The minimum Gasteiger partial charge on any atom is -0.484 e. The van der Waals surface area contributed by atoms with Gasteiger partial charge in [0.2, 0.25) is 0 Å². The second kappa shape index (κ2) is 9.45. The lowest BCUT2D eigenvalue weighted by Gasteiger charge is -2.18. The number of hydrogen-bond donors (Lipinski definition) is 1. The largest absolute Gasteiger partial charge is 0.484 e. The van der Waals surface area contributed by atoms with Crippen molar-refractivity contribution in [2.45, 2.75) is 33.7 Å². The van der Waals surface area contributed by atoms with Crippen LogP contribution < -0.4 is 10.1 Å². The second-order valence-corrected chi connectivity index (χ2v) is 9.10. The van der Waals surface area contributed by atoms with Gasteiger partial charge >= 0.3 is 0 Å².